The Morgan fingerprint density at radius 2 is 1.86 bits per heavy atom. The van der Waals surface area contributed by atoms with Crippen LogP contribution in [-0.2, 0) is 20.7 Å². The third-order valence-corrected chi connectivity index (χ3v) is 4.14. The second-order valence-corrected chi connectivity index (χ2v) is 5.92. The first-order chi connectivity index (χ1) is 13.4. The number of fused-ring (bicyclic) bond motifs is 1. The Kier molecular flexibility index (Phi) is 5.30. The second-order valence-electron chi connectivity index (χ2n) is 5.92. The van der Waals surface area contributed by atoms with E-state index in [0.717, 1.165) is 0 Å². The number of nitrogens with two attached hydrogens (primary N) is 2. The number of esters is 2. The van der Waals surface area contributed by atoms with E-state index < -0.39 is 17.9 Å². The summed E-state index contributed by atoms with van der Waals surface area (Å²) in [5.74, 6) is -1.45. The van der Waals surface area contributed by atoms with Gasteiger partial charge in [-0.15, -0.1) is 0 Å². The van der Waals surface area contributed by atoms with Crippen LogP contribution >= 0.6 is 0 Å². The van der Waals surface area contributed by atoms with E-state index in [9.17, 15) is 9.59 Å². The van der Waals surface area contributed by atoms with Crippen LogP contribution in [0.2, 0.25) is 0 Å². The minimum atomic E-state index is -0.702. The van der Waals surface area contributed by atoms with Gasteiger partial charge in [0.1, 0.15) is 11.7 Å². The second kappa shape index (κ2) is 7.82. The number of hydrogen-bond donors (Lipinski definition) is 2. The first-order valence-electron chi connectivity index (χ1n) is 8.22. The molecule has 0 aliphatic heterocycles. The maximum Gasteiger partial charge on any atom is 0.339 e. The molecule has 0 aliphatic carbocycles. The van der Waals surface area contributed by atoms with Gasteiger partial charge in [-0.2, -0.15) is 9.97 Å². The Morgan fingerprint density at radius 3 is 2.50 bits per heavy atom. The zero-order valence-corrected chi connectivity index (χ0v) is 15.2. The van der Waals surface area contributed by atoms with Gasteiger partial charge < -0.3 is 20.9 Å². The molecule has 0 aliphatic rings. The fraction of sp³-hybridized carbons (Fsp3) is 0.222. The van der Waals surface area contributed by atoms with E-state index in [1.54, 1.807) is 18.3 Å². The molecule has 10 nitrogen and oxygen atoms in total. The van der Waals surface area contributed by atoms with Gasteiger partial charge in [0.2, 0.25) is 5.95 Å². The zero-order valence-electron chi connectivity index (χ0n) is 15.2. The fourth-order valence-corrected chi connectivity index (χ4v) is 2.74. The van der Waals surface area contributed by atoms with Crippen molar-refractivity contribution in [3.05, 3.63) is 47.4 Å². The van der Waals surface area contributed by atoms with Crippen molar-refractivity contribution >= 4 is 34.7 Å². The van der Waals surface area contributed by atoms with E-state index in [1.807, 2.05) is 0 Å². The molecule has 0 fully saturated rings. The van der Waals surface area contributed by atoms with Crippen LogP contribution in [0, 0.1) is 0 Å². The van der Waals surface area contributed by atoms with Gasteiger partial charge >= 0.3 is 11.9 Å². The standard InChI is InChI=1S/C18H18N6O4/c1-27-16(25)10-3-4-13(21-8-10)11(17(26)28-2)5-9-6-12-14(19)23-18(20)24-15(12)22-7-9/h3-4,6-8,11H,5H2,1-2H3,(H4,19,20,22,23,24). The molecule has 3 rings (SSSR count). The van der Waals surface area contributed by atoms with Crippen LogP contribution in [0.25, 0.3) is 11.0 Å². The third kappa shape index (κ3) is 3.80. The lowest BCUT2D eigenvalue weighted by atomic mass is 9.95. The van der Waals surface area contributed by atoms with E-state index in [0.29, 0.717) is 22.3 Å². The Morgan fingerprint density at radius 1 is 1.07 bits per heavy atom. The molecule has 10 heteroatoms. The van der Waals surface area contributed by atoms with Crippen molar-refractivity contribution < 1.29 is 19.1 Å². The summed E-state index contributed by atoms with van der Waals surface area (Å²) in [7, 11) is 2.58. The number of nitrogen functional groups attached to an aromatic ring is 2. The van der Waals surface area contributed by atoms with Crippen molar-refractivity contribution in [1.29, 1.82) is 0 Å². The van der Waals surface area contributed by atoms with Crippen molar-refractivity contribution in [2.45, 2.75) is 12.3 Å². The average Bonchev–Trinajstić information content (AvgIpc) is 2.71. The SMILES string of the molecule is COC(=O)c1ccc(C(Cc2cnc3nc(N)nc(N)c3c2)C(=O)OC)nc1. The van der Waals surface area contributed by atoms with Crippen molar-refractivity contribution in [3.63, 3.8) is 0 Å². The number of rotatable bonds is 5. The molecular weight excluding hydrogens is 364 g/mol. The largest absolute Gasteiger partial charge is 0.468 e. The topological polar surface area (TPSA) is 156 Å². The number of nitrogens with zero attached hydrogens (tertiary/aromatic N) is 4. The van der Waals surface area contributed by atoms with E-state index in [1.165, 1.54) is 26.5 Å². The summed E-state index contributed by atoms with van der Waals surface area (Å²) < 4.78 is 9.56. The van der Waals surface area contributed by atoms with Crippen LogP contribution in [0.4, 0.5) is 11.8 Å². The summed E-state index contributed by atoms with van der Waals surface area (Å²) in [6.45, 7) is 0. The lowest BCUT2D eigenvalue weighted by Crippen LogP contribution is -2.18. The van der Waals surface area contributed by atoms with Crippen molar-refractivity contribution in [3.8, 4) is 0 Å². The fourth-order valence-electron chi connectivity index (χ4n) is 2.74. The molecule has 0 radical (unpaired) electrons. The molecule has 4 N–H and O–H groups in total. The van der Waals surface area contributed by atoms with Crippen LogP contribution in [0.3, 0.4) is 0 Å². The summed E-state index contributed by atoms with van der Waals surface area (Å²) >= 11 is 0. The highest BCUT2D eigenvalue weighted by molar-refractivity contribution is 5.89. The van der Waals surface area contributed by atoms with Gasteiger partial charge in [-0.1, -0.05) is 0 Å². The highest BCUT2D eigenvalue weighted by atomic mass is 16.5. The van der Waals surface area contributed by atoms with Gasteiger partial charge in [0, 0.05) is 12.4 Å². The quantitative estimate of drug-likeness (QED) is 0.607. The molecule has 0 saturated heterocycles. The molecule has 0 bridgehead atoms. The summed E-state index contributed by atoms with van der Waals surface area (Å²) in [6, 6.07) is 4.87. The van der Waals surface area contributed by atoms with Gasteiger partial charge in [0.15, 0.2) is 5.65 Å². The zero-order chi connectivity index (χ0) is 20.3. The first kappa shape index (κ1) is 19.0. The molecule has 3 aromatic rings. The van der Waals surface area contributed by atoms with E-state index in [-0.39, 0.29) is 23.8 Å². The van der Waals surface area contributed by atoms with Crippen LogP contribution in [0.5, 0.6) is 0 Å². The number of ether oxygens (including phenoxy) is 2. The molecule has 0 aromatic carbocycles. The van der Waals surface area contributed by atoms with E-state index in [2.05, 4.69) is 24.7 Å². The van der Waals surface area contributed by atoms with Crippen LogP contribution in [0.1, 0.15) is 27.5 Å². The molecule has 3 heterocycles. The molecular formula is C18H18N6O4. The number of methoxy groups -OCH3 is 2. The van der Waals surface area contributed by atoms with Crippen LogP contribution in [-0.4, -0.2) is 46.1 Å². The monoisotopic (exact) mass is 382 g/mol. The normalized spacial score (nSPS) is 11.8. The number of carbonyl (C=O) groups is 2. The van der Waals surface area contributed by atoms with E-state index >= 15 is 0 Å². The molecule has 1 unspecified atom stereocenters. The highest BCUT2D eigenvalue weighted by Gasteiger charge is 2.24. The minimum absolute atomic E-state index is 0.0348. The predicted molar refractivity (Wildman–Crippen MR) is 100 cm³/mol. The summed E-state index contributed by atoms with van der Waals surface area (Å²) in [5, 5.41) is 0.532. The smallest absolute Gasteiger partial charge is 0.339 e. The predicted octanol–water partition coefficient (Wildman–Crippen LogP) is 0.870. The lowest BCUT2D eigenvalue weighted by Gasteiger charge is -2.15. The van der Waals surface area contributed by atoms with Gasteiger partial charge in [-0.25, -0.2) is 9.78 Å². The summed E-state index contributed by atoms with van der Waals surface area (Å²) in [6.07, 6.45) is 3.18. The maximum absolute atomic E-state index is 12.3. The molecule has 0 amide bonds. The van der Waals surface area contributed by atoms with Gasteiger partial charge in [0.05, 0.1) is 30.9 Å². The minimum Gasteiger partial charge on any atom is -0.468 e. The van der Waals surface area contributed by atoms with E-state index in [4.69, 9.17) is 16.2 Å². The Balaban J connectivity index is 1.94. The number of aromatic nitrogens is 4. The van der Waals surface area contributed by atoms with Gasteiger partial charge in [0.25, 0.3) is 0 Å². The number of pyridine rings is 2. The molecule has 0 saturated carbocycles. The highest BCUT2D eigenvalue weighted by Crippen LogP contribution is 2.24. The molecule has 1 atom stereocenters. The maximum atomic E-state index is 12.3. The van der Waals surface area contributed by atoms with Crippen molar-refractivity contribution in [1.82, 2.24) is 19.9 Å². The Labute approximate surface area is 159 Å². The summed E-state index contributed by atoms with van der Waals surface area (Å²) in [4.78, 5) is 40.3. The third-order valence-electron chi connectivity index (χ3n) is 4.14. The summed E-state index contributed by atoms with van der Waals surface area (Å²) in [5.41, 5.74) is 13.3. The van der Waals surface area contributed by atoms with Gasteiger partial charge in [-0.05, 0) is 30.2 Å². The number of carbonyl (C=O) groups excluding carboxylic acids is 2. The van der Waals surface area contributed by atoms with Crippen LogP contribution < -0.4 is 11.5 Å². The molecule has 144 valence electrons. The number of anilines is 2. The molecule has 28 heavy (non-hydrogen) atoms. The molecule has 0 spiro atoms. The lowest BCUT2D eigenvalue weighted by molar-refractivity contribution is -0.142. The Hall–Kier alpha value is -3.82. The average molecular weight is 382 g/mol. The Bertz CT molecular complexity index is 1040. The van der Waals surface area contributed by atoms with Crippen LogP contribution in [0.15, 0.2) is 30.6 Å². The molecule has 3 aromatic heterocycles. The first-order valence-corrected chi connectivity index (χ1v) is 8.22. The van der Waals surface area contributed by atoms with Gasteiger partial charge in [-0.3, -0.25) is 9.78 Å². The van der Waals surface area contributed by atoms with Crippen molar-refractivity contribution in [2.24, 2.45) is 0 Å². The van der Waals surface area contributed by atoms with Crippen molar-refractivity contribution in [2.75, 3.05) is 25.7 Å². The number of hydrogen-bond acceptors (Lipinski definition) is 10.